The SMILES string of the molecule is O=C(CCl)Nc1ccc(N2CC3CCC(C2)O3)cc1. The molecule has 2 bridgehead atoms. The summed E-state index contributed by atoms with van der Waals surface area (Å²) in [5, 5.41) is 2.74. The lowest BCUT2D eigenvalue weighted by Crippen LogP contribution is -2.42. The number of fused-ring (bicyclic) bond motifs is 2. The molecule has 2 saturated heterocycles. The van der Waals surface area contributed by atoms with Gasteiger partial charge in [-0.1, -0.05) is 0 Å². The van der Waals surface area contributed by atoms with Gasteiger partial charge in [0.2, 0.25) is 5.91 Å². The highest BCUT2D eigenvalue weighted by molar-refractivity contribution is 6.29. The molecular formula is C14H17ClN2O2. The van der Waals surface area contributed by atoms with Gasteiger partial charge in [0.15, 0.2) is 0 Å². The van der Waals surface area contributed by atoms with E-state index in [0.29, 0.717) is 12.2 Å². The average molecular weight is 281 g/mol. The van der Waals surface area contributed by atoms with Crippen LogP contribution >= 0.6 is 11.6 Å². The van der Waals surface area contributed by atoms with E-state index in [4.69, 9.17) is 16.3 Å². The smallest absolute Gasteiger partial charge is 0.239 e. The Balaban J connectivity index is 1.67. The maximum absolute atomic E-state index is 11.2. The quantitative estimate of drug-likeness (QED) is 0.864. The van der Waals surface area contributed by atoms with E-state index in [2.05, 4.69) is 10.2 Å². The van der Waals surface area contributed by atoms with Crippen LogP contribution in [0, 0.1) is 0 Å². The van der Waals surface area contributed by atoms with Gasteiger partial charge in [-0.05, 0) is 37.1 Å². The molecule has 1 aromatic carbocycles. The van der Waals surface area contributed by atoms with Crippen LogP contribution in [-0.2, 0) is 9.53 Å². The highest BCUT2D eigenvalue weighted by Crippen LogP contribution is 2.30. The van der Waals surface area contributed by atoms with Crippen molar-refractivity contribution >= 4 is 28.9 Å². The van der Waals surface area contributed by atoms with Gasteiger partial charge in [0.05, 0.1) is 12.2 Å². The van der Waals surface area contributed by atoms with Gasteiger partial charge in [-0.15, -0.1) is 11.6 Å². The third kappa shape index (κ3) is 2.85. The van der Waals surface area contributed by atoms with Crippen LogP contribution in [-0.4, -0.2) is 37.1 Å². The lowest BCUT2D eigenvalue weighted by Gasteiger charge is -2.33. The number of amides is 1. The third-order valence-electron chi connectivity index (χ3n) is 3.68. The second-order valence-electron chi connectivity index (χ2n) is 5.09. The van der Waals surface area contributed by atoms with Crippen molar-refractivity contribution in [3.63, 3.8) is 0 Å². The van der Waals surface area contributed by atoms with Crippen LogP contribution in [0.3, 0.4) is 0 Å². The van der Waals surface area contributed by atoms with Gasteiger partial charge in [0.1, 0.15) is 5.88 Å². The monoisotopic (exact) mass is 280 g/mol. The minimum atomic E-state index is -0.182. The number of ether oxygens (including phenoxy) is 1. The van der Waals surface area contributed by atoms with Crippen molar-refractivity contribution in [3.8, 4) is 0 Å². The van der Waals surface area contributed by atoms with Gasteiger partial charge in [0, 0.05) is 24.5 Å². The van der Waals surface area contributed by atoms with Crippen molar-refractivity contribution in [2.45, 2.75) is 25.0 Å². The van der Waals surface area contributed by atoms with E-state index in [1.807, 2.05) is 24.3 Å². The molecule has 2 unspecified atom stereocenters. The van der Waals surface area contributed by atoms with Crippen molar-refractivity contribution in [2.75, 3.05) is 29.2 Å². The Morgan fingerprint density at radius 1 is 1.26 bits per heavy atom. The maximum atomic E-state index is 11.2. The Labute approximate surface area is 117 Å². The fraction of sp³-hybridized carbons (Fsp3) is 0.500. The van der Waals surface area contributed by atoms with Gasteiger partial charge < -0.3 is 15.0 Å². The summed E-state index contributed by atoms with van der Waals surface area (Å²) in [6.07, 6.45) is 3.11. The van der Waals surface area contributed by atoms with Crippen LogP contribution in [0.5, 0.6) is 0 Å². The molecule has 2 atom stereocenters. The Morgan fingerprint density at radius 3 is 2.47 bits per heavy atom. The molecule has 1 N–H and O–H groups in total. The summed E-state index contributed by atoms with van der Waals surface area (Å²) in [6.45, 7) is 1.92. The van der Waals surface area contributed by atoms with Gasteiger partial charge in [-0.3, -0.25) is 4.79 Å². The molecule has 5 heteroatoms. The van der Waals surface area contributed by atoms with Crippen LogP contribution in [0.1, 0.15) is 12.8 Å². The lowest BCUT2D eigenvalue weighted by molar-refractivity contribution is -0.113. The molecule has 4 nitrogen and oxygen atoms in total. The number of nitrogens with zero attached hydrogens (tertiary/aromatic N) is 1. The summed E-state index contributed by atoms with van der Waals surface area (Å²) in [4.78, 5) is 13.6. The van der Waals surface area contributed by atoms with Gasteiger partial charge in [-0.2, -0.15) is 0 Å². The van der Waals surface area contributed by atoms with Crippen molar-refractivity contribution < 1.29 is 9.53 Å². The third-order valence-corrected chi connectivity index (χ3v) is 3.92. The minimum Gasteiger partial charge on any atom is -0.371 e. The van der Waals surface area contributed by atoms with E-state index in [1.165, 1.54) is 18.5 Å². The molecule has 1 aromatic rings. The van der Waals surface area contributed by atoms with Crippen LogP contribution in [0.15, 0.2) is 24.3 Å². The van der Waals surface area contributed by atoms with E-state index < -0.39 is 0 Å². The predicted molar refractivity (Wildman–Crippen MR) is 75.9 cm³/mol. The van der Waals surface area contributed by atoms with Crippen molar-refractivity contribution in [1.29, 1.82) is 0 Å². The molecule has 2 aliphatic rings. The number of anilines is 2. The fourth-order valence-electron chi connectivity index (χ4n) is 2.78. The largest absolute Gasteiger partial charge is 0.371 e. The molecule has 0 radical (unpaired) electrons. The average Bonchev–Trinajstić information content (AvgIpc) is 2.78. The molecule has 2 fully saturated rings. The molecule has 102 valence electrons. The number of nitrogens with one attached hydrogen (secondary N) is 1. The van der Waals surface area contributed by atoms with E-state index in [9.17, 15) is 4.79 Å². The Hall–Kier alpha value is -1.26. The van der Waals surface area contributed by atoms with E-state index in [1.54, 1.807) is 0 Å². The number of alkyl halides is 1. The van der Waals surface area contributed by atoms with Crippen LogP contribution in [0.4, 0.5) is 11.4 Å². The first-order valence-corrected chi connectivity index (χ1v) is 7.14. The topological polar surface area (TPSA) is 41.6 Å². The second kappa shape index (κ2) is 5.39. The van der Waals surface area contributed by atoms with Gasteiger partial charge in [-0.25, -0.2) is 0 Å². The van der Waals surface area contributed by atoms with Gasteiger partial charge >= 0.3 is 0 Å². The summed E-state index contributed by atoms with van der Waals surface area (Å²) < 4.78 is 5.83. The highest BCUT2D eigenvalue weighted by atomic mass is 35.5. The van der Waals surface area contributed by atoms with E-state index >= 15 is 0 Å². The van der Waals surface area contributed by atoms with Crippen molar-refractivity contribution in [1.82, 2.24) is 0 Å². The van der Waals surface area contributed by atoms with Crippen molar-refractivity contribution in [3.05, 3.63) is 24.3 Å². The zero-order valence-electron chi connectivity index (χ0n) is 10.6. The Morgan fingerprint density at radius 2 is 1.89 bits per heavy atom. The molecule has 0 aliphatic carbocycles. The molecular weight excluding hydrogens is 264 g/mol. The number of halogens is 1. The number of carbonyl (C=O) groups is 1. The Kier molecular flexibility index (Phi) is 3.62. The fourth-order valence-corrected chi connectivity index (χ4v) is 2.84. The molecule has 19 heavy (non-hydrogen) atoms. The summed E-state index contributed by atoms with van der Waals surface area (Å²) in [5.74, 6) is -0.201. The zero-order chi connectivity index (χ0) is 13.2. The lowest BCUT2D eigenvalue weighted by atomic mass is 10.2. The van der Waals surface area contributed by atoms with Crippen LogP contribution in [0.2, 0.25) is 0 Å². The summed E-state index contributed by atoms with van der Waals surface area (Å²) in [7, 11) is 0. The number of hydrogen-bond acceptors (Lipinski definition) is 3. The molecule has 2 aliphatic heterocycles. The van der Waals surface area contributed by atoms with Gasteiger partial charge in [0.25, 0.3) is 0 Å². The summed E-state index contributed by atoms with van der Waals surface area (Å²) >= 11 is 5.46. The molecule has 1 amide bonds. The summed E-state index contributed by atoms with van der Waals surface area (Å²) in [6, 6.07) is 7.90. The number of hydrogen-bond donors (Lipinski definition) is 1. The van der Waals surface area contributed by atoms with Crippen LogP contribution < -0.4 is 10.2 Å². The molecule has 0 aromatic heterocycles. The molecule has 3 rings (SSSR count). The number of rotatable bonds is 3. The predicted octanol–water partition coefficient (Wildman–Crippen LogP) is 2.23. The number of benzene rings is 1. The zero-order valence-corrected chi connectivity index (χ0v) is 11.4. The van der Waals surface area contributed by atoms with E-state index in [0.717, 1.165) is 18.8 Å². The summed E-state index contributed by atoms with van der Waals surface area (Å²) in [5.41, 5.74) is 1.97. The first-order chi connectivity index (χ1) is 9.24. The minimum absolute atomic E-state index is 0.0193. The number of carbonyl (C=O) groups excluding carboxylic acids is 1. The standard InChI is InChI=1S/C14H17ClN2O2/c15-7-14(18)16-10-1-3-11(4-2-10)17-8-12-5-6-13(9-17)19-12/h1-4,12-13H,5-9H2,(H,16,18). The molecule has 0 spiro atoms. The van der Waals surface area contributed by atoms with E-state index in [-0.39, 0.29) is 11.8 Å². The number of morpholine rings is 1. The first-order valence-electron chi connectivity index (χ1n) is 6.61. The maximum Gasteiger partial charge on any atom is 0.239 e. The Bertz CT molecular complexity index is 451. The normalized spacial score (nSPS) is 25.4. The first kappa shape index (κ1) is 12.8. The van der Waals surface area contributed by atoms with Crippen molar-refractivity contribution in [2.24, 2.45) is 0 Å². The second-order valence-corrected chi connectivity index (χ2v) is 5.36. The molecule has 2 heterocycles. The van der Waals surface area contributed by atoms with Crippen LogP contribution in [0.25, 0.3) is 0 Å². The highest BCUT2D eigenvalue weighted by Gasteiger charge is 2.33. The molecule has 0 saturated carbocycles.